The second-order valence-electron chi connectivity index (χ2n) is 6.80. The first kappa shape index (κ1) is 17.6. The van der Waals surface area contributed by atoms with Crippen molar-refractivity contribution in [1.29, 1.82) is 0 Å². The lowest BCUT2D eigenvalue weighted by Crippen LogP contribution is -2.54. The van der Waals surface area contributed by atoms with Crippen LogP contribution in [0.25, 0.3) is 0 Å². The molecule has 2 saturated heterocycles. The molecule has 1 atom stereocenters. The summed E-state index contributed by atoms with van der Waals surface area (Å²) in [6.07, 6.45) is 1.22. The van der Waals surface area contributed by atoms with Gasteiger partial charge in [-0.05, 0) is 49.4 Å². The van der Waals surface area contributed by atoms with Crippen LogP contribution >= 0.6 is 15.9 Å². The van der Waals surface area contributed by atoms with Gasteiger partial charge in [0.1, 0.15) is 11.5 Å². The number of hydroxylamine groups is 2. The number of piperidine rings is 1. The maximum Gasteiger partial charge on any atom is 0.238 e. The number of halogens is 1. The van der Waals surface area contributed by atoms with Crippen molar-refractivity contribution in [2.75, 3.05) is 27.2 Å². The lowest BCUT2D eigenvalue weighted by Gasteiger charge is -2.41. The van der Waals surface area contributed by atoms with Crippen molar-refractivity contribution in [3.8, 4) is 0 Å². The Morgan fingerprint density at radius 3 is 2.33 bits per heavy atom. The van der Waals surface area contributed by atoms with E-state index in [1.54, 1.807) is 19.1 Å². The third-order valence-electron chi connectivity index (χ3n) is 5.67. The quantitative estimate of drug-likeness (QED) is 0.723. The number of carbonyl (C=O) groups excluding carboxylic acids is 2. The summed E-state index contributed by atoms with van der Waals surface area (Å²) >= 11 is 3.55. The van der Waals surface area contributed by atoms with Crippen molar-refractivity contribution in [3.05, 3.63) is 33.3 Å². The molecule has 1 unspecified atom stereocenters. The highest BCUT2D eigenvalue weighted by atomic mass is 79.9. The highest BCUT2D eigenvalue weighted by Gasteiger charge is 2.58. The molecule has 5 nitrogen and oxygen atoms in total. The summed E-state index contributed by atoms with van der Waals surface area (Å²) in [5, 5.41) is 1.84. The van der Waals surface area contributed by atoms with Crippen molar-refractivity contribution in [2.24, 2.45) is 0 Å². The number of ketones is 1. The molecule has 1 aromatic rings. The highest BCUT2D eigenvalue weighted by Crippen LogP contribution is 2.44. The van der Waals surface area contributed by atoms with E-state index < -0.39 is 11.5 Å². The molecular formula is C18H23BrN2O3. The average Bonchev–Trinajstić information content (AvgIpc) is 2.74. The van der Waals surface area contributed by atoms with Gasteiger partial charge in [0.15, 0.2) is 5.78 Å². The number of benzene rings is 1. The van der Waals surface area contributed by atoms with Crippen LogP contribution in [0.1, 0.15) is 35.4 Å². The summed E-state index contributed by atoms with van der Waals surface area (Å²) in [7, 11) is 3.40. The van der Waals surface area contributed by atoms with E-state index in [4.69, 9.17) is 4.84 Å². The van der Waals surface area contributed by atoms with Gasteiger partial charge in [-0.25, -0.2) is 0 Å². The van der Waals surface area contributed by atoms with Crippen LogP contribution in [0.15, 0.2) is 16.6 Å². The molecule has 1 aromatic carbocycles. The Labute approximate surface area is 151 Å². The molecule has 1 spiro atoms. The number of aryl methyl sites for hydroxylation is 2. The Bertz CT molecular complexity index is 696. The number of nitrogens with zero attached hydrogens (tertiary/aromatic N) is 2. The fourth-order valence-corrected chi connectivity index (χ4v) is 4.56. The molecular weight excluding hydrogens is 372 g/mol. The zero-order chi connectivity index (χ0) is 17.6. The normalized spacial score (nSPS) is 24.2. The third kappa shape index (κ3) is 2.52. The van der Waals surface area contributed by atoms with Crippen LogP contribution in [0.4, 0.5) is 0 Å². The molecule has 0 bridgehead atoms. The van der Waals surface area contributed by atoms with Crippen LogP contribution in [-0.2, 0) is 14.4 Å². The molecule has 0 saturated carbocycles. The van der Waals surface area contributed by atoms with E-state index in [-0.39, 0.29) is 11.7 Å². The molecule has 6 heteroatoms. The summed E-state index contributed by atoms with van der Waals surface area (Å²) in [6, 6.07) is 3.96. The molecule has 3 rings (SSSR count). The Balaban J connectivity index is 1.99. The van der Waals surface area contributed by atoms with Crippen molar-refractivity contribution in [2.45, 2.75) is 38.1 Å². The molecule has 130 valence electrons. The topological polar surface area (TPSA) is 49.9 Å². The predicted molar refractivity (Wildman–Crippen MR) is 94.7 cm³/mol. The van der Waals surface area contributed by atoms with Crippen molar-refractivity contribution >= 4 is 27.6 Å². The molecule has 0 N–H and O–H groups in total. The van der Waals surface area contributed by atoms with Gasteiger partial charge >= 0.3 is 0 Å². The zero-order valence-electron chi connectivity index (χ0n) is 14.6. The minimum Gasteiger partial charge on any atom is -0.332 e. The van der Waals surface area contributed by atoms with E-state index in [9.17, 15) is 9.59 Å². The summed E-state index contributed by atoms with van der Waals surface area (Å²) in [5.74, 6) is -0.790. The second-order valence-corrected chi connectivity index (χ2v) is 7.65. The summed E-state index contributed by atoms with van der Waals surface area (Å²) in [4.78, 5) is 33.2. The van der Waals surface area contributed by atoms with Crippen LogP contribution in [0.3, 0.4) is 0 Å². The number of likely N-dealkylation sites (N-methyl/N-ethyl adjacent to an activating group) is 1. The van der Waals surface area contributed by atoms with Gasteiger partial charge < -0.3 is 9.74 Å². The zero-order valence-corrected chi connectivity index (χ0v) is 16.1. The largest absolute Gasteiger partial charge is 0.332 e. The molecule has 2 aliphatic heterocycles. The SMILES string of the molecule is CON1CCC2(CC1)C(=O)C(c1cc(C)c(C)cc1Br)C(=O)N2C. The number of hydrogen-bond acceptors (Lipinski definition) is 4. The summed E-state index contributed by atoms with van der Waals surface area (Å²) < 4.78 is 0.831. The van der Waals surface area contributed by atoms with E-state index in [1.807, 2.05) is 31.0 Å². The monoisotopic (exact) mass is 394 g/mol. The van der Waals surface area contributed by atoms with Gasteiger partial charge in [0.2, 0.25) is 5.91 Å². The number of hydrogen-bond donors (Lipinski definition) is 0. The van der Waals surface area contributed by atoms with Gasteiger partial charge in [-0.2, -0.15) is 5.06 Å². The number of likely N-dealkylation sites (tertiary alicyclic amines) is 1. The maximum absolute atomic E-state index is 13.3. The van der Waals surface area contributed by atoms with Crippen LogP contribution < -0.4 is 0 Å². The minimum absolute atomic E-state index is 0.0229. The van der Waals surface area contributed by atoms with Gasteiger partial charge in [-0.1, -0.05) is 22.0 Å². The van der Waals surface area contributed by atoms with E-state index in [2.05, 4.69) is 15.9 Å². The van der Waals surface area contributed by atoms with Crippen molar-refractivity contribution < 1.29 is 14.4 Å². The number of amides is 1. The van der Waals surface area contributed by atoms with Crippen LogP contribution in [-0.4, -0.2) is 54.4 Å². The highest BCUT2D eigenvalue weighted by molar-refractivity contribution is 9.10. The molecule has 2 fully saturated rings. The lowest BCUT2D eigenvalue weighted by molar-refractivity contribution is -0.165. The van der Waals surface area contributed by atoms with Crippen LogP contribution in [0.5, 0.6) is 0 Å². The predicted octanol–water partition coefficient (Wildman–Crippen LogP) is 2.59. The minimum atomic E-state index is -0.710. The smallest absolute Gasteiger partial charge is 0.238 e. The van der Waals surface area contributed by atoms with Crippen LogP contribution in [0, 0.1) is 13.8 Å². The standard InChI is InChI=1S/C18H23BrN2O3/c1-11-9-13(14(19)10-12(11)2)15-16(22)18(20(3)17(15)23)5-7-21(24-4)8-6-18/h9-10,15H,5-8H2,1-4H3. The van der Waals surface area contributed by atoms with Crippen molar-refractivity contribution in [3.63, 3.8) is 0 Å². The fourth-order valence-electron chi connectivity index (χ4n) is 3.87. The summed E-state index contributed by atoms with van der Waals surface area (Å²) in [5.41, 5.74) is 2.31. The van der Waals surface area contributed by atoms with E-state index in [0.29, 0.717) is 25.9 Å². The Morgan fingerprint density at radius 2 is 1.75 bits per heavy atom. The molecule has 0 radical (unpaired) electrons. The van der Waals surface area contributed by atoms with E-state index in [0.717, 1.165) is 21.2 Å². The molecule has 1 amide bonds. The van der Waals surface area contributed by atoms with Crippen molar-refractivity contribution in [1.82, 2.24) is 9.96 Å². The third-order valence-corrected chi connectivity index (χ3v) is 6.36. The average molecular weight is 395 g/mol. The van der Waals surface area contributed by atoms with Gasteiger partial charge in [-0.15, -0.1) is 0 Å². The first-order valence-corrected chi connectivity index (χ1v) is 8.99. The molecule has 24 heavy (non-hydrogen) atoms. The second kappa shape index (κ2) is 6.24. The Kier molecular flexibility index (Phi) is 4.57. The Morgan fingerprint density at radius 1 is 1.17 bits per heavy atom. The number of Topliss-reactive ketones (excluding diaryl/α,β-unsaturated/α-hetero) is 1. The Hall–Kier alpha value is -1.24. The van der Waals surface area contributed by atoms with Gasteiger partial charge in [0, 0.05) is 24.6 Å². The number of rotatable bonds is 2. The first-order chi connectivity index (χ1) is 11.3. The molecule has 2 heterocycles. The van der Waals surface area contributed by atoms with E-state index >= 15 is 0 Å². The first-order valence-electron chi connectivity index (χ1n) is 8.19. The molecule has 0 aliphatic carbocycles. The van der Waals surface area contributed by atoms with Gasteiger partial charge in [0.05, 0.1) is 7.11 Å². The van der Waals surface area contributed by atoms with E-state index in [1.165, 1.54) is 0 Å². The van der Waals surface area contributed by atoms with Gasteiger partial charge in [-0.3, -0.25) is 9.59 Å². The molecule has 2 aliphatic rings. The number of carbonyl (C=O) groups is 2. The van der Waals surface area contributed by atoms with Gasteiger partial charge in [0.25, 0.3) is 0 Å². The van der Waals surface area contributed by atoms with Crippen LogP contribution in [0.2, 0.25) is 0 Å². The fraction of sp³-hybridized carbons (Fsp3) is 0.556. The maximum atomic E-state index is 13.3. The summed E-state index contributed by atoms with van der Waals surface area (Å²) in [6.45, 7) is 5.34. The molecule has 0 aromatic heterocycles. The lowest BCUT2D eigenvalue weighted by atomic mass is 9.80.